The summed E-state index contributed by atoms with van der Waals surface area (Å²) in [6.07, 6.45) is 5.61. The number of H-pyrrole nitrogens is 4. The van der Waals surface area contributed by atoms with Crippen molar-refractivity contribution in [2.75, 3.05) is 68.4 Å². The van der Waals surface area contributed by atoms with E-state index < -0.39 is 30.4 Å². The number of nitrogen functional groups attached to an aromatic ring is 3. The van der Waals surface area contributed by atoms with Gasteiger partial charge in [0, 0.05) is 64.0 Å². The number of anilines is 4. The number of aromatic nitrogens is 12. The smallest absolute Gasteiger partial charge is 0.326 e. The summed E-state index contributed by atoms with van der Waals surface area (Å²) in [6, 6.07) is 5.16. The molecule has 1 amide bonds. The van der Waals surface area contributed by atoms with Crippen molar-refractivity contribution in [2.45, 2.75) is 25.4 Å². The van der Waals surface area contributed by atoms with Crippen LogP contribution in [0.25, 0.3) is 33.5 Å². The second kappa shape index (κ2) is 20.0. The molecule has 29 heteroatoms. The first-order valence-electron chi connectivity index (χ1n) is 19.6. The van der Waals surface area contributed by atoms with E-state index in [1.54, 1.807) is 24.7 Å². The van der Waals surface area contributed by atoms with Gasteiger partial charge in [-0.3, -0.25) is 9.59 Å². The molecule has 1 aromatic carbocycles. The first-order valence-corrected chi connectivity index (χ1v) is 23.1. The van der Waals surface area contributed by atoms with Crippen molar-refractivity contribution in [3.8, 4) is 0 Å². The molecule has 0 radical (unpaired) electrons. The van der Waals surface area contributed by atoms with E-state index in [4.69, 9.17) is 58.6 Å². The van der Waals surface area contributed by atoms with E-state index >= 15 is 0 Å². The average molecular weight is 963 g/mol. The average Bonchev–Trinajstić information content (AvgIpc) is 4.18. The molecule has 3 aliphatic heterocycles. The number of hydrogen-bond donors (Lipinski definition) is 10. The summed E-state index contributed by atoms with van der Waals surface area (Å²) in [5.41, 5.74) is 21.9. The van der Waals surface area contributed by atoms with Gasteiger partial charge in [0.1, 0.15) is 28.2 Å². The Morgan fingerprint density at radius 2 is 1.45 bits per heavy atom. The molecule has 0 aliphatic carbocycles. The summed E-state index contributed by atoms with van der Waals surface area (Å²) in [4.78, 5) is 79.6. The summed E-state index contributed by atoms with van der Waals surface area (Å²) in [5, 5.41) is 20.2. The maximum atomic E-state index is 12.4. The van der Waals surface area contributed by atoms with Crippen LogP contribution in [0.2, 0.25) is 0 Å². The van der Waals surface area contributed by atoms with Gasteiger partial charge in [-0.05, 0) is 42.5 Å². The van der Waals surface area contributed by atoms with E-state index in [1.165, 1.54) is 64.1 Å². The lowest BCUT2D eigenvalue weighted by Gasteiger charge is -2.25. The zero-order valence-electron chi connectivity index (χ0n) is 34.4. The molecule has 10 rings (SSSR count). The second-order valence-corrected chi connectivity index (χ2v) is 19.4. The summed E-state index contributed by atoms with van der Waals surface area (Å²) in [6.45, 7) is 6.63. The highest BCUT2D eigenvalue weighted by Gasteiger charge is 2.50. The fourth-order valence-corrected chi connectivity index (χ4v) is 11.0. The monoisotopic (exact) mass is 962 g/mol. The van der Waals surface area contributed by atoms with Crippen LogP contribution in [0.3, 0.4) is 0 Å². The van der Waals surface area contributed by atoms with Gasteiger partial charge in [0.05, 0.1) is 37.4 Å². The molecule has 340 valence electrons. The Morgan fingerprint density at radius 1 is 0.831 bits per heavy atom. The molecular weight excluding hydrogens is 920 g/mol. The maximum Gasteiger partial charge on any atom is 0.326 e. The molecule has 25 nitrogen and oxygen atoms in total. The zero-order chi connectivity index (χ0) is 46.4. The summed E-state index contributed by atoms with van der Waals surface area (Å²) in [5.74, 6) is -2.62. The Labute approximate surface area is 383 Å². The van der Waals surface area contributed by atoms with Crippen LogP contribution in [-0.4, -0.2) is 154 Å². The number of hydrogen-bond acceptors (Lipinski definition) is 18. The number of carbonyl (C=O) groups excluding carboxylic acids is 1. The van der Waals surface area contributed by atoms with Crippen LogP contribution in [0.4, 0.5) is 23.4 Å². The minimum Gasteiger partial charge on any atom is -0.481 e. The first kappa shape index (κ1) is 46.3. The molecule has 0 saturated carbocycles. The molecule has 3 aliphatic rings. The van der Waals surface area contributed by atoms with Gasteiger partial charge in [-0.2, -0.15) is 9.97 Å². The van der Waals surface area contributed by atoms with Gasteiger partial charge in [0.25, 0.3) is 5.91 Å². The molecule has 0 bridgehead atoms. The van der Waals surface area contributed by atoms with E-state index in [2.05, 4.69) is 79.1 Å². The van der Waals surface area contributed by atoms with Crippen LogP contribution in [-0.2, 0) is 27.9 Å². The fourth-order valence-electron chi connectivity index (χ4n) is 6.12. The van der Waals surface area contributed by atoms with Crippen molar-refractivity contribution in [1.29, 1.82) is 0 Å². The third kappa shape index (κ3) is 11.7. The molecule has 0 spiro atoms. The van der Waals surface area contributed by atoms with Gasteiger partial charge < -0.3 is 57.6 Å². The molecule has 3 fully saturated rings. The third-order valence-electron chi connectivity index (χ3n) is 9.65. The molecule has 0 unspecified atom stereocenters. The van der Waals surface area contributed by atoms with Gasteiger partial charge in [-0.15, -0.1) is 0 Å². The minimum atomic E-state index is -1.30. The van der Waals surface area contributed by atoms with Crippen molar-refractivity contribution in [2.24, 2.45) is 0 Å². The Balaban J connectivity index is 0.000000156. The number of nitrogens with zero attached hydrogens (tertiary/aromatic N) is 12. The van der Waals surface area contributed by atoms with Crippen molar-refractivity contribution in [3.63, 3.8) is 0 Å². The van der Waals surface area contributed by atoms with Gasteiger partial charge in [0.15, 0.2) is 32.9 Å². The number of rotatable bonds is 12. The summed E-state index contributed by atoms with van der Waals surface area (Å²) in [7, 11) is 1.82. The van der Waals surface area contributed by atoms with Gasteiger partial charge >= 0.3 is 11.9 Å². The predicted octanol–water partition coefficient (Wildman–Crippen LogP) is 2.04. The Hall–Kier alpha value is -6.68. The molecule has 1 atom stereocenters. The number of imidazole rings is 2. The van der Waals surface area contributed by atoms with Crippen LogP contribution < -0.4 is 27.4 Å². The lowest BCUT2D eigenvalue weighted by atomic mass is 10.1. The molecule has 7 aromatic rings. The van der Waals surface area contributed by atoms with Crippen molar-refractivity contribution in [3.05, 3.63) is 70.0 Å². The molecule has 65 heavy (non-hydrogen) atoms. The van der Waals surface area contributed by atoms with Gasteiger partial charge in [0.2, 0.25) is 11.9 Å². The third-order valence-corrected chi connectivity index (χ3v) is 15.8. The number of benzene rings is 1. The quantitative estimate of drug-likeness (QED) is 0.0476. The molecule has 9 heterocycles. The van der Waals surface area contributed by atoms with E-state index in [1.807, 2.05) is 11.9 Å². The highest BCUT2D eigenvalue weighted by atomic mass is 32.4. The molecule has 6 aromatic heterocycles. The van der Waals surface area contributed by atoms with Crippen molar-refractivity contribution >= 4 is 117 Å². The topological polar surface area (TPSA) is 360 Å². The number of aliphatic carboxylic acids is 2. The standard InChI is InChI=1S/C20H22N8O5.C6H12N3PS.C5H5N5S.C5H4N4S/c1-28(9-11-8-23-17-15(24-11)16(21)26-20(22)27-17)12-4-2-10(3-5-12)18(31)25-13(19(32)33)6-7-14(29)30;11-10(7-1-2-7,8-3-4-8)9-5-6-9;6-5-9-3-2(4(11)10-5)7-1-8-3;10-5-3-4(7-1-6-3)8-2-9-5/h2-5,8,13H,6-7,9H2,1H3,(H,25,31)(H,29,30)(H,32,33)(H4,21,22,23,26,27);1-6H2;1H,(H4,6,7,8,9,10,11);1-2H,(H2,6,7,8,9,10)/t13-;;;/m0.../s1. The van der Waals surface area contributed by atoms with Gasteiger partial charge in [-0.1, -0.05) is 24.4 Å². The van der Waals surface area contributed by atoms with Crippen LogP contribution in [0.1, 0.15) is 28.9 Å². The number of fused-ring (bicyclic) bond motifs is 3. The number of nitrogens with one attached hydrogen (secondary N) is 5. The number of nitrogens with two attached hydrogens (primary N) is 3. The van der Waals surface area contributed by atoms with E-state index in [0.29, 0.717) is 49.5 Å². The van der Waals surface area contributed by atoms with Gasteiger partial charge in [-0.25, -0.2) is 48.7 Å². The van der Waals surface area contributed by atoms with E-state index in [9.17, 15) is 19.5 Å². The Bertz CT molecular complexity index is 2990. The minimum absolute atomic E-state index is 0.0138. The maximum absolute atomic E-state index is 12.4. The Morgan fingerprint density at radius 3 is 2.05 bits per heavy atom. The summed E-state index contributed by atoms with van der Waals surface area (Å²) >= 11 is 15.6. The molecule has 3 saturated heterocycles. The normalized spacial score (nSPS) is 14.8. The first-order chi connectivity index (χ1) is 31.1. The van der Waals surface area contributed by atoms with Crippen LogP contribution in [0, 0.1) is 9.28 Å². The lowest BCUT2D eigenvalue weighted by molar-refractivity contribution is -0.140. The van der Waals surface area contributed by atoms with Crippen molar-refractivity contribution < 1.29 is 24.6 Å². The largest absolute Gasteiger partial charge is 0.481 e. The van der Waals surface area contributed by atoms with Crippen LogP contribution >= 0.6 is 30.9 Å². The predicted molar refractivity (Wildman–Crippen MR) is 250 cm³/mol. The highest BCUT2D eigenvalue weighted by molar-refractivity contribution is 8.11. The lowest BCUT2D eigenvalue weighted by Crippen LogP contribution is -2.41. The molecular formula is C36H43N20O5PS3. The number of carboxylic acid groups (broad SMARTS) is 2. The number of carboxylic acids is 2. The molecule has 13 N–H and O–H groups in total. The summed E-state index contributed by atoms with van der Waals surface area (Å²) < 4.78 is 8.55. The van der Waals surface area contributed by atoms with Crippen LogP contribution in [0.5, 0.6) is 0 Å². The van der Waals surface area contributed by atoms with Crippen molar-refractivity contribution in [1.82, 2.24) is 79.1 Å². The zero-order valence-corrected chi connectivity index (χ0v) is 37.8. The Kier molecular flexibility index (Phi) is 14.3. The van der Waals surface area contributed by atoms with E-state index in [0.717, 1.165) is 11.2 Å². The second-order valence-electron chi connectivity index (χ2n) is 14.5. The highest BCUT2D eigenvalue weighted by Crippen LogP contribution is 2.65. The van der Waals surface area contributed by atoms with E-state index in [-0.39, 0.29) is 36.1 Å². The fraction of sp³-hybridized carbons (Fsp3) is 0.306. The SMILES string of the molecule is CN(Cc1cnc2nc(N)nc(N)c2n1)c1ccc(C(=O)N[C@@H](CCC(=O)O)C(=O)O)cc1.Nc1nc(=S)c2[nH]cnc2[nH]1.S=P(N1CC1)(N1CC1)N1CC1.S=c1[nH]cnc2nc[nH]c12. The number of aromatic amines is 4. The number of carbonyl (C=O) groups is 3. The number of amides is 1. The van der Waals surface area contributed by atoms with Crippen LogP contribution in [0.15, 0.2) is 49.4 Å².